The molecule has 0 aromatic carbocycles. The lowest BCUT2D eigenvalue weighted by Crippen LogP contribution is -2.27. The van der Waals surface area contributed by atoms with Gasteiger partial charge in [-0.25, -0.2) is 0 Å². The number of rotatable bonds is 34. The van der Waals surface area contributed by atoms with E-state index in [1.807, 2.05) is 0 Å². The minimum atomic E-state index is -0.529. The van der Waals surface area contributed by atoms with Gasteiger partial charge in [-0.2, -0.15) is 0 Å². The van der Waals surface area contributed by atoms with E-state index in [0.29, 0.717) is 19.6 Å². The summed E-state index contributed by atoms with van der Waals surface area (Å²) in [6.07, 6.45) is 42.2. The van der Waals surface area contributed by atoms with Gasteiger partial charge >= 0.3 is 5.97 Å². The summed E-state index contributed by atoms with van der Waals surface area (Å²) in [5, 5.41) is 9.52. The molecule has 1 atom stereocenters. The number of aliphatic hydroxyl groups excluding tert-OH is 1. The van der Waals surface area contributed by atoms with Crippen LogP contribution >= 0.6 is 0 Å². The number of esters is 1. The third kappa shape index (κ3) is 33.4. The highest BCUT2D eigenvalue weighted by molar-refractivity contribution is 5.69. The number of allylic oxidation sites excluding steroid dienone is 4. The molecule has 1 unspecified atom stereocenters. The normalized spacial score (nSPS) is 12.5. The average molecular weight is 593 g/mol. The summed E-state index contributed by atoms with van der Waals surface area (Å²) in [4.78, 5) is 12.1. The summed E-state index contributed by atoms with van der Waals surface area (Å²) in [5.41, 5.74) is 0. The Morgan fingerprint density at radius 1 is 0.571 bits per heavy atom. The summed E-state index contributed by atoms with van der Waals surface area (Å²) >= 11 is 0. The van der Waals surface area contributed by atoms with E-state index in [2.05, 4.69) is 38.2 Å². The predicted molar refractivity (Wildman–Crippen MR) is 182 cm³/mol. The summed E-state index contributed by atoms with van der Waals surface area (Å²) in [7, 11) is 0. The zero-order chi connectivity index (χ0) is 30.6. The molecule has 4 heteroatoms. The lowest BCUT2D eigenvalue weighted by atomic mass is 10.1. The summed E-state index contributed by atoms with van der Waals surface area (Å²) in [6.45, 7) is 5.33. The molecule has 0 radical (unpaired) electrons. The van der Waals surface area contributed by atoms with Crippen LogP contribution in [0.25, 0.3) is 0 Å². The molecule has 0 aliphatic heterocycles. The van der Waals surface area contributed by atoms with Gasteiger partial charge in [-0.3, -0.25) is 4.79 Å². The molecule has 0 aromatic rings. The second-order valence-corrected chi connectivity index (χ2v) is 12.3. The fourth-order valence-corrected chi connectivity index (χ4v) is 5.24. The topological polar surface area (TPSA) is 55.8 Å². The highest BCUT2D eigenvalue weighted by Gasteiger charge is 2.13. The van der Waals surface area contributed by atoms with Crippen molar-refractivity contribution in [2.24, 2.45) is 0 Å². The molecule has 1 N–H and O–H groups in total. The monoisotopic (exact) mass is 593 g/mol. The van der Waals surface area contributed by atoms with E-state index in [0.717, 1.165) is 25.7 Å². The van der Waals surface area contributed by atoms with E-state index in [1.54, 1.807) is 0 Å². The van der Waals surface area contributed by atoms with Crippen molar-refractivity contribution in [1.29, 1.82) is 0 Å². The van der Waals surface area contributed by atoms with Crippen LogP contribution in [-0.4, -0.2) is 37.0 Å². The minimum Gasteiger partial charge on any atom is -0.457 e. The van der Waals surface area contributed by atoms with E-state index in [4.69, 9.17) is 9.47 Å². The molecule has 0 amide bonds. The van der Waals surface area contributed by atoms with Crippen molar-refractivity contribution in [2.75, 3.05) is 19.8 Å². The third-order valence-corrected chi connectivity index (χ3v) is 8.03. The van der Waals surface area contributed by atoms with Gasteiger partial charge in [-0.1, -0.05) is 160 Å². The van der Waals surface area contributed by atoms with Gasteiger partial charge in [0.2, 0.25) is 0 Å². The third-order valence-electron chi connectivity index (χ3n) is 8.03. The lowest BCUT2D eigenvalue weighted by Gasteiger charge is -2.16. The maximum Gasteiger partial charge on any atom is 0.306 e. The molecule has 0 aliphatic carbocycles. The van der Waals surface area contributed by atoms with Crippen LogP contribution in [0.5, 0.6) is 0 Å². The number of hydrogen-bond donors (Lipinski definition) is 1. The smallest absolute Gasteiger partial charge is 0.306 e. The molecule has 0 bridgehead atoms. The molecule has 0 heterocycles. The van der Waals surface area contributed by atoms with Crippen molar-refractivity contribution in [3.05, 3.63) is 24.3 Å². The largest absolute Gasteiger partial charge is 0.457 e. The summed E-state index contributed by atoms with van der Waals surface area (Å²) < 4.78 is 11.1. The zero-order valence-corrected chi connectivity index (χ0v) is 28.3. The van der Waals surface area contributed by atoms with Crippen LogP contribution in [0.3, 0.4) is 0 Å². The molecule has 42 heavy (non-hydrogen) atoms. The van der Waals surface area contributed by atoms with Crippen LogP contribution in [-0.2, 0) is 14.3 Å². The molecule has 0 aromatic heterocycles. The number of unbranched alkanes of at least 4 members (excludes halogenated alkanes) is 22. The molecule has 0 aliphatic rings. The van der Waals surface area contributed by atoms with Crippen LogP contribution in [0, 0.1) is 0 Å². The van der Waals surface area contributed by atoms with Gasteiger partial charge in [0, 0.05) is 13.0 Å². The fraction of sp³-hybridized carbons (Fsp3) is 0.868. The van der Waals surface area contributed by atoms with Gasteiger partial charge < -0.3 is 14.6 Å². The van der Waals surface area contributed by atoms with Gasteiger partial charge in [0.15, 0.2) is 0 Å². The molecule has 4 nitrogen and oxygen atoms in total. The molecular weight excluding hydrogens is 520 g/mol. The minimum absolute atomic E-state index is 0.170. The van der Waals surface area contributed by atoms with Crippen LogP contribution < -0.4 is 0 Å². The summed E-state index contributed by atoms with van der Waals surface area (Å²) in [5.74, 6) is -0.205. The molecule has 0 saturated heterocycles. The van der Waals surface area contributed by atoms with E-state index in [1.165, 1.54) is 141 Å². The Kier molecular flexibility index (Phi) is 35.1. The number of carbonyl (C=O) groups excluding carboxylic acids is 1. The second kappa shape index (κ2) is 36.1. The number of carbonyl (C=O) groups is 1. The highest BCUT2D eigenvalue weighted by atomic mass is 16.6. The Morgan fingerprint density at radius 2 is 1.00 bits per heavy atom. The van der Waals surface area contributed by atoms with E-state index < -0.39 is 6.10 Å². The number of ether oxygens (including phenoxy) is 2. The SMILES string of the molecule is CCCCCCC/C=C\C/C=C\CCCCCCCCCCCC(=O)OC(CO)COCCCCCCCCCCC. The first-order valence-electron chi connectivity index (χ1n) is 18.4. The predicted octanol–water partition coefficient (Wildman–Crippen LogP) is 11.6. The highest BCUT2D eigenvalue weighted by Crippen LogP contribution is 2.13. The van der Waals surface area contributed by atoms with Crippen molar-refractivity contribution < 1.29 is 19.4 Å². The molecule has 0 fully saturated rings. The Balaban J connectivity index is 3.42. The number of aliphatic hydroxyl groups is 1. The second-order valence-electron chi connectivity index (χ2n) is 12.3. The standard InChI is InChI=1S/C38H72O4/c1-3-5-7-9-11-13-14-15-16-17-18-19-20-21-22-23-24-25-27-29-31-33-38(40)42-37(35-39)36-41-34-32-30-28-26-12-10-8-6-4-2/h14-15,17-18,37,39H,3-13,16,19-36H2,1-2H3/b15-14-,18-17-. The Morgan fingerprint density at radius 3 is 1.48 bits per heavy atom. The first-order chi connectivity index (χ1) is 20.7. The van der Waals surface area contributed by atoms with Gasteiger partial charge in [-0.05, 0) is 44.9 Å². The van der Waals surface area contributed by atoms with E-state index in [9.17, 15) is 9.90 Å². The molecule has 0 spiro atoms. The molecule has 0 rings (SSSR count). The quantitative estimate of drug-likeness (QED) is 0.0459. The van der Waals surface area contributed by atoms with E-state index >= 15 is 0 Å². The average Bonchev–Trinajstić information content (AvgIpc) is 3.00. The van der Waals surface area contributed by atoms with Gasteiger partial charge in [0.05, 0.1) is 13.2 Å². The van der Waals surface area contributed by atoms with Crippen molar-refractivity contribution in [3.63, 3.8) is 0 Å². The lowest BCUT2D eigenvalue weighted by molar-refractivity contribution is -0.154. The van der Waals surface area contributed by atoms with Gasteiger partial charge in [0.25, 0.3) is 0 Å². The fourth-order valence-electron chi connectivity index (χ4n) is 5.24. The van der Waals surface area contributed by atoms with Crippen molar-refractivity contribution in [2.45, 2.75) is 193 Å². The van der Waals surface area contributed by atoms with Crippen LogP contribution in [0.4, 0.5) is 0 Å². The maximum absolute atomic E-state index is 12.1. The number of hydrogen-bond acceptors (Lipinski definition) is 4. The first kappa shape index (κ1) is 40.9. The van der Waals surface area contributed by atoms with Gasteiger partial charge in [0.1, 0.15) is 6.10 Å². The Hall–Kier alpha value is -1.13. The first-order valence-corrected chi connectivity index (χ1v) is 18.4. The molecule has 248 valence electrons. The molecular formula is C38H72O4. The van der Waals surface area contributed by atoms with Crippen molar-refractivity contribution in [3.8, 4) is 0 Å². The van der Waals surface area contributed by atoms with Crippen LogP contribution in [0.2, 0.25) is 0 Å². The van der Waals surface area contributed by atoms with Crippen LogP contribution in [0.15, 0.2) is 24.3 Å². The maximum atomic E-state index is 12.1. The van der Waals surface area contributed by atoms with Crippen LogP contribution in [0.1, 0.15) is 187 Å². The summed E-state index contributed by atoms with van der Waals surface area (Å²) in [6, 6.07) is 0. The Bertz CT molecular complexity index is 586. The van der Waals surface area contributed by atoms with E-state index in [-0.39, 0.29) is 12.6 Å². The Labute approximate surface area is 262 Å². The van der Waals surface area contributed by atoms with Crippen molar-refractivity contribution in [1.82, 2.24) is 0 Å². The zero-order valence-electron chi connectivity index (χ0n) is 28.3. The van der Waals surface area contributed by atoms with Gasteiger partial charge in [-0.15, -0.1) is 0 Å². The molecule has 0 saturated carbocycles. The van der Waals surface area contributed by atoms with Crippen molar-refractivity contribution >= 4 is 5.97 Å².